The zero-order valence-electron chi connectivity index (χ0n) is 9.16. The summed E-state index contributed by atoms with van der Waals surface area (Å²) in [6, 6.07) is 6.75. The van der Waals surface area contributed by atoms with Crippen molar-refractivity contribution in [3.05, 3.63) is 46.4 Å². The van der Waals surface area contributed by atoms with Gasteiger partial charge < -0.3 is 5.32 Å². The fourth-order valence-electron chi connectivity index (χ4n) is 1.63. The number of rotatable bonds is 4. The Hall–Kier alpha value is -1.19. The minimum Gasteiger partial charge on any atom is -0.313 e. The molecule has 2 aromatic rings. The van der Waals surface area contributed by atoms with Crippen LogP contribution in [0.4, 0.5) is 4.39 Å². The van der Waals surface area contributed by atoms with Crippen molar-refractivity contribution in [1.82, 2.24) is 5.32 Å². The van der Waals surface area contributed by atoms with Crippen LogP contribution < -0.4 is 5.32 Å². The third kappa shape index (κ3) is 2.49. The van der Waals surface area contributed by atoms with Gasteiger partial charge in [-0.05, 0) is 46.1 Å². The Balaban J connectivity index is 2.29. The van der Waals surface area contributed by atoms with Crippen molar-refractivity contribution in [2.75, 3.05) is 6.54 Å². The summed E-state index contributed by atoms with van der Waals surface area (Å²) >= 11 is 1.65. The van der Waals surface area contributed by atoms with Gasteiger partial charge in [-0.25, -0.2) is 4.39 Å². The van der Waals surface area contributed by atoms with E-state index in [0.717, 1.165) is 24.2 Å². The van der Waals surface area contributed by atoms with Crippen LogP contribution >= 0.6 is 11.3 Å². The SMILES string of the molecule is CCNCc1cscc1-c1cccc(F)c1. The molecule has 1 heterocycles. The largest absolute Gasteiger partial charge is 0.313 e. The van der Waals surface area contributed by atoms with E-state index in [1.807, 2.05) is 6.07 Å². The molecule has 3 heteroatoms. The molecule has 0 spiro atoms. The first-order chi connectivity index (χ1) is 7.81. The van der Waals surface area contributed by atoms with Gasteiger partial charge in [-0.3, -0.25) is 0 Å². The number of thiophene rings is 1. The second kappa shape index (κ2) is 5.23. The minimum absolute atomic E-state index is 0.182. The minimum atomic E-state index is -0.182. The maximum Gasteiger partial charge on any atom is 0.123 e. The molecule has 0 aliphatic carbocycles. The second-order valence-corrected chi connectivity index (χ2v) is 4.34. The van der Waals surface area contributed by atoms with E-state index in [1.54, 1.807) is 23.5 Å². The molecule has 0 atom stereocenters. The molecule has 1 nitrogen and oxygen atoms in total. The van der Waals surface area contributed by atoms with Crippen LogP contribution in [0.25, 0.3) is 11.1 Å². The monoisotopic (exact) mass is 235 g/mol. The average Bonchev–Trinajstić information content (AvgIpc) is 2.74. The highest BCUT2D eigenvalue weighted by molar-refractivity contribution is 7.08. The van der Waals surface area contributed by atoms with E-state index in [-0.39, 0.29) is 5.82 Å². The van der Waals surface area contributed by atoms with Gasteiger partial charge in [-0.15, -0.1) is 0 Å². The Labute approximate surface area is 98.9 Å². The molecule has 1 aromatic heterocycles. The molecule has 2 rings (SSSR count). The Kier molecular flexibility index (Phi) is 3.70. The summed E-state index contributed by atoms with van der Waals surface area (Å²) in [5, 5.41) is 7.47. The third-order valence-electron chi connectivity index (χ3n) is 2.44. The quantitative estimate of drug-likeness (QED) is 0.852. The summed E-state index contributed by atoms with van der Waals surface area (Å²) in [5.41, 5.74) is 3.32. The molecule has 0 saturated carbocycles. The van der Waals surface area contributed by atoms with Crippen molar-refractivity contribution in [3.63, 3.8) is 0 Å². The summed E-state index contributed by atoms with van der Waals surface area (Å²) in [6.45, 7) is 3.86. The fraction of sp³-hybridized carbons (Fsp3) is 0.231. The van der Waals surface area contributed by atoms with Crippen LogP contribution in [0, 0.1) is 5.82 Å². The molecule has 84 valence electrons. The van der Waals surface area contributed by atoms with E-state index in [4.69, 9.17) is 0 Å². The van der Waals surface area contributed by atoms with E-state index in [9.17, 15) is 4.39 Å². The molecule has 16 heavy (non-hydrogen) atoms. The van der Waals surface area contributed by atoms with Gasteiger partial charge in [0.2, 0.25) is 0 Å². The van der Waals surface area contributed by atoms with Crippen LogP contribution in [-0.2, 0) is 6.54 Å². The second-order valence-electron chi connectivity index (χ2n) is 3.60. The number of halogens is 1. The van der Waals surface area contributed by atoms with Gasteiger partial charge in [0.25, 0.3) is 0 Å². The Morgan fingerprint density at radius 1 is 1.31 bits per heavy atom. The first-order valence-corrected chi connectivity index (χ1v) is 6.27. The van der Waals surface area contributed by atoms with Gasteiger partial charge in [-0.1, -0.05) is 19.1 Å². The number of hydrogen-bond donors (Lipinski definition) is 1. The van der Waals surface area contributed by atoms with Crippen molar-refractivity contribution in [3.8, 4) is 11.1 Å². The summed E-state index contributed by atoms with van der Waals surface area (Å²) in [6.07, 6.45) is 0. The molecule has 1 aromatic carbocycles. The maximum atomic E-state index is 13.1. The van der Waals surface area contributed by atoms with Crippen LogP contribution in [0.3, 0.4) is 0 Å². The lowest BCUT2D eigenvalue weighted by molar-refractivity contribution is 0.628. The third-order valence-corrected chi connectivity index (χ3v) is 3.24. The van der Waals surface area contributed by atoms with Crippen molar-refractivity contribution in [2.45, 2.75) is 13.5 Å². The molecule has 0 amide bonds. The summed E-state index contributed by atoms with van der Waals surface area (Å²) in [7, 11) is 0. The van der Waals surface area contributed by atoms with Crippen molar-refractivity contribution >= 4 is 11.3 Å². The van der Waals surface area contributed by atoms with Crippen LogP contribution in [0.1, 0.15) is 12.5 Å². The predicted octanol–water partition coefficient (Wildman–Crippen LogP) is 3.66. The van der Waals surface area contributed by atoms with Gasteiger partial charge in [-0.2, -0.15) is 11.3 Å². The summed E-state index contributed by atoms with van der Waals surface area (Å²) in [5.74, 6) is -0.182. The highest BCUT2D eigenvalue weighted by Gasteiger charge is 2.06. The van der Waals surface area contributed by atoms with Crippen molar-refractivity contribution in [1.29, 1.82) is 0 Å². The molecule has 0 aliphatic rings. The summed E-state index contributed by atoms with van der Waals surface area (Å²) in [4.78, 5) is 0. The summed E-state index contributed by atoms with van der Waals surface area (Å²) < 4.78 is 13.1. The highest BCUT2D eigenvalue weighted by atomic mass is 32.1. The van der Waals surface area contributed by atoms with Gasteiger partial charge >= 0.3 is 0 Å². The lowest BCUT2D eigenvalue weighted by Crippen LogP contribution is -2.11. The lowest BCUT2D eigenvalue weighted by Gasteiger charge is -2.05. The Morgan fingerprint density at radius 3 is 2.94 bits per heavy atom. The molecular formula is C13H14FNS. The molecule has 0 saturated heterocycles. The van der Waals surface area contributed by atoms with E-state index < -0.39 is 0 Å². The molecule has 1 N–H and O–H groups in total. The predicted molar refractivity (Wildman–Crippen MR) is 67.1 cm³/mol. The van der Waals surface area contributed by atoms with Crippen LogP contribution in [0.15, 0.2) is 35.0 Å². The van der Waals surface area contributed by atoms with Crippen molar-refractivity contribution < 1.29 is 4.39 Å². The fourth-order valence-corrected chi connectivity index (χ4v) is 2.50. The van der Waals surface area contributed by atoms with Crippen molar-refractivity contribution in [2.24, 2.45) is 0 Å². The zero-order chi connectivity index (χ0) is 11.4. The molecule has 0 aliphatic heterocycles. The topological polar surface area (TPSA) is 12.0 Å². The van der Waals surface area contributed by atoms with Crippen LogP contribution in [0.5, 0.6) is 0 Å². The normalized spacial score (nSPS) is 10.6. The lowest BCUT2D eigenvalue weighted by atomic mass is 10.0. The highest BCUT2D eigenvalue weighted by Crippen LogP contribution is 2.27. The zero-order valence-corrected chi connectivity index (χ0v) is 9.98. The van der Waals surface area contributed by atoms with Gasteiger partial charge in [0.05, 0.1) is 0 Å². The van der Waals surface area contributed by atoms with Gasteiger partial charge in [0.15, 0.2) is 0 Å². The molecule has 0 radical (unpaired) electrons. The number of nitrogens with one attached hydrogen (secondary N) is 1. The average molecular weight is 235 g/mol. The number of benzene rings is 1. The smallest absolute Gasteiger partial charge is 0.123 e. The van der Waals surface area contributed by atoms with Crippen LogP contribution in [0.2, 0.25) is 0 Å². The van der Waals surface area contributed by atoms with E-state index in [2.05, 4.69) is 23.0 Å². The molecule has 0 bridgehead atoms. The van der Waals surface area contributed by atoms with E-state index in [1.165, 1.54) is 11.6 Å². The standard InChI is InChI=1S/C13H14FNS/c1-2-15-7-11-8-16-9-13(11)10-4-3-5-12(14)6-10/h3-6,8-9,15H,2,7H2,1H3. The molecular weight excluding hydrogens is 221 g/mol. The van der Waals surface area contributed by atoms with Gasteiger partial charge in [0.1, 0.15) is 5.82 Å². The maximum absolute atomic E-state index is 13.1. The molecule has 0 unspecified atom stereocenters. The van der Waals surface area contributed by atoms with Crippen LogP contribution in [-0.4, -0.2) is 6.54 Å². The van der Waals surface area contributed by atoms with E-state index in [0.29, 0.717) is 0 Å². The van der Waals surface area contributed by atoms with Gasteiger partial charge in [0, 0.05) is 6.54 Å². The Morgan fingerprint density at radius 2 is 2.19 bits per heavy atom. The molecule has 0 fully saturated rings. The number of hydrogen-bond acceptors (Lipinski definition) is 2. The van der Waals surface area contributed by atoms with E-state index >= 15 is 0 Å². The first kappa shape index (κ1) is 11.3. The first-order valence-electron chi connectivity index (χ1n) is 5.33. The Bertz CT molecular complexity index is 464.